The standard InChI is InChI=1S/C23H24N4O4S/c1-4-32(28,29)27-20-10-9-17-18(20)6-5-7-19(17)22-25-23(31-26-22)15-8-11-21(30-14(2)3)16(12-15)13-24/h5-8,11-12,14,20,27H,4,9-10H2,1-3H3/t20-/m0/s1. The lowest BCUT2D eigenvalue weighted by atomic mass is 10.0. The van der Waals surface area contributed by atoms with Crippen LogP contribution in [0.15, 0.2) is 40.9 Å². The number of fused-ring (bicyclic) bond motifs is 1. The van der Waals surface area contributed by atoms with Gasteiger partial charge in [-0.25, -0.2) is 13.1 Å². The Balaban J connectivity index is 1.65. The zero-order valence-corrected chi connectivity index (χ0v) is 18.9. The number of hydrogen-bond acceptors (Lipinski definition) is 7. The maximum absolute atomic E-state index is 12.0. The van der Waals surface area contributed by atoms with Gasteiger partial charge >= 0.3 is 0 Å². The summed E-state index contributed by atoms with van der Waals surface area (Å²) in [6, 6.07) is 12.8. The highest BCUT2D eigenvalue weighted by Gasteiger charge is 2.29. The van der Waals surface area contributed by atoms with Gasteiger partial charge in [-0.3, -0.25) is 0 Å². The van der Waals surface area contributed by atoms with Crippen molar-refractivity contribution < 1.29 is 17.7 Å². The number of nitrogens with one attached hydrogen (secondary N) is 1. The van der Waals surface area contributed by atoms with Crippen molar-refractivity contribution in [3.05, 3.63) is 53.1 Å². The first kappa shape index (κ1) is 22.0. The number of rotatable bonds is 7. The summed E-state index contributed by atoms with van der Waals surface area (Å²) in [6.07, 6.45) is 1.35. The third-order valence-corrected chi connectivity index (χ3v) is 6.75. The van der Waals surface area contributed by atoms with E-state index in [4.69, 9.17) is 9.26 Å². The molecule has 1 N–H and O–H groups in total. The number of nitriles is 1. The summed E-state index contributed by atoms with van der Waals surface area (Å²) in [6.45, 7) is 5.42. The molecule has 0 saturated carbocycles. The van der Waals surface area contributed by atoms with Crippen LogP contribution < -0.4 is 9.46 Å². The molecule has 166 valence electrons. The Morgan fingerprint density at radius 1 is 1.31 bits per heavy atom. The predicted molar refractivity (Wildman–Crippen MR) is 119 cm³/mol. The van der Waals surface area contributed by atoms with Crippen LogP contribution in [0.25, 0.3) is 22.8 Å². The minimum Gasteiger partial charge on any atom is -0.490 e. The van der Waals surface area contributed by atoms with Gasteiger partial charge in [-0.2, -0.15) is 10.2 Å². The van der Waals surface area contributed by atoms with Gasteiger partial charge in [0.1, 0.15) is 11.8 Å². The third kappa shape index (κ3) is 4.38. The second-order valence-corrected chi connectivity index (χ2v) is 9.94. The van der Waals surface area contributed by atoms with E-state index in [1.165, 1.54) is 0 Å². The number of ether oxygens (including phenoxy) is 1. The van der Waals surface area contributed by atoms with Crippen LogP contribution >= 0.6 is 0 Å². The summed E-state index contributed by atoms with van der Waals surface area (Å²) in [5, 5.41) is 13.6. The molecule has 0 amide bonds. The van der Waals surface area contributed by atoms with Crippen molar-refractivity contribution in [3.8, 4) is 34.7 Å². The van der Waals surface area contributed by atoms with Gasteiger partial charge in [0.2, 0.25) is 15.8 Å². The number of benzene rings is 2. The maximum Gasteiger partial charge on any atom is 0.258 e. The molecule has 0 unspecified atom stereocenters. The van der Waals surface area contributed by atoms with Crippen molar-refractivity contribution in [1.82, 2.24) is 14.9 Å². The highest BCUT2D eigenvalue weighted by Crippen LogP contribution is 2.38. The zero-order valence-electron chi connectivity index (χ0n) is 18.1. The molecule has 1 atom stereocenters. The first-order chi connectivity index (χ1) is 15.3. The van der Waals surface area contributed by atoms with E-state index in [0.29, 0.717) is 41.4 Å². The van der Waals surface area contributed by atoms with Gasteiger partial charge in [0, 0.05) is 17.2 Å². The van der Waals surface area contributed by atoms with Crippen molar-refractivity contribution in [2.24, 2.45) is 0 Å². The quantitative estimate of drug-likeness (QED) is 0.576. The van der Waals surface area contributed by atoms with Crippen molar-refractivity contribution in [2.75, 3.05) is 5.75 Å². The smallest absolute Gasteiger partial charge is 0.258 e. The maximum atomic E-state index is 12.0. The van der Waals surface area contributed by atoms with Gasteiger partial charge in [-0.1, -0.05) is 23.4 Å². The number of hydrogen-bond donors (Lipinski definition) is 1. The monoisotopic (exact) mass is 452 g/mol. The van der Waals surface area contributed by atoms with E-state index >= 15 is 0 Å². The Hall–Kier alpha value is -3.22. The van der Waals surface area contributed by atoms with E-state index in [1.807, 2.05) is 32.0 Å². The molecule has 1 aliphatic carbocycles. The molecule has 0 bridgehead atoms. The average Bonchev–Trinajstić information content (AvgIpc) is 3.41. The molecule has 1 aliphatic rings. The van der Waals surface area contributed by atoms with Gasteiger partial charge < -0.3 is 9.26 Å². The number of aromatic nitrogens is 2. The molecular formula is C23H24N4O4S. The van der Waals surface area contributed by atoms with E-state index in [9.17, 15) is 13.7 Å². The topological polar surface area (TPSA) is 118 Å². The van der Waals surface area contributed by atoms with E-state index in [1.54, 1.807) is 25.1 Å². The first-order valence-electron chi connectivity index (χ1n) is 10.5. The molecule has 4 rings (SSSR count). The molecule has 1 aromatic heterocycles. The molecule has 0 spiro atoms. The van der Waals surface area contributed by atoms with Crippen LogP contribution in [0.1, 0.15) is 49.9 Å². The van der Waals surface area contributed by atoms with Crippen molar-refractivity contribution in [3.63, 3.8) is 0 Å². The average molecular weight is 453 g/mol. The summed E-state index contributed by atoms with van der Waals surface area (Å²) in [4.78, 5) is 4.54. The lowest BCUT2D eigenvalue weighted by molar-refractivity contribution is 0.241. The molecule has 0 aliphatic heterocycles. The van der Waals surface area contributed by atoms with Crippen LogP contribution in [0.5, 0.6) is 5.75 Å². The summed E-state index contributed by atoms with van der Waals surface area (Å²) in [5.74, 6) is 1.27. The summed E-state index contributed by atoms with van der Waals surface area (Å²) < 4.78 is 38.0. The van der Waals surface area contributed by atoms with E-state index in [-0.39, 0.29) is 17.9 Å². The Labute approximate surface area is 187 Å². The Kier molecular flexibility index (Phi) is 6.00. The van der Waals surface area contributed by atoms with Gasteiger partial charge in [-0.15, -0.1) is 0 Å². The molecule has 1 heterocycles. The fraction of sp³-hybridized carbons (Fsp3) is 0.348. The largest absolute Gasteiger partial charge is 0.490 e. The fourth-order valence-electron chi connectivity index (χ4n) is 3.84. The molecule has 0 saturated heterocycles. The van der Waals surface area contributed by atoms with E-state index in [0.717, 1.165) is 16.7 Å². The molecule has 8 nitrogen and oxygen atoms in total. The second-order valence-electron chi connectivity index (χ2n) is 7.90. The molecule has 32 heavy (non-hydrogen) atoms. The lowest BCUT2D eigenvalue weighted by Gasteiger charge is -2.14. The predicted octanol–water partition coefficient (Wildman–Crippen LogP) is 3.99. The molecule has 2 aromatic carbocycles. The highest BCUT2D eigenvalue weighted by molar-refractivity contribution is 7.89. The summed E-state index contributed by atoms with van der Waals surface area (Å²) >= 11 is 0. The molecular weight excluding hydrogens is 428 g/mol. The van der Waals surface area contributed by atoms with Gasteiger partial charge in [0.25, 0.3) is 5.89 Å². The minimum atomic E-state index is -3.31. The van der Waals surface area contributed by atoms with Crippen molar-refractivity contribution >= 4 is 10.0 Å². The summed E-state index contributed by atoms with van der Waals surface area (Å²) in [7, 11) is -3.31. The van der Waals surface area contributed by atoms with Crippen LogP contribution in [-0.2, 0) is 16.4 Å². The highest BCUT2D eigenvalue weighted by atomic mass is 32.2. The van der Waals surface area contributed by atoms with Crippen molar-refractivity contribution in [1.29, 1.82) is 5.26 Å². The van der Waals surface area contributed by atoms with Crippen LogP contribution in [-0.4, -0.2) is 30.4 Å². The second kappa shape index (κ2) is 8.73. The van der Waals surface area contributed by atoms with Crippen LogP contribution in [0, 0.1) is 11.3 Å². The number of nitrogens with zero attached hydrogens (tertiary/aromatic N) is 3. The third-order valence-electron chi connectivity index (χ3n) is 5.35. The minimum absolute atomic E-state index is 0.0401. The van der Waals surface area contributed by atoms with Crippen LogP contribution in [0.4, 0.5) is 0 Å². The van der Waals surface area contributed by atoms with Crippen LogP contribution in [0.3, 0.4) is 0 Å². The normalized spacial score (nSPS) is 15.5. The Morgan fingerprint density at radius 2 is 2.12 bits per heavy atom. The molecule has 3 aromatic rings. The first-order valence-corrected chi connectivity index (χ1v) is 12.1. The zero-order chi connectivity index (χ0) is 22.9. The molecule has 9 heteroatoms. The van der Waals surface area contributed by atoms with Gasteiger partial charge in [0.15, 0.2) is 0 Å². The summed E-state index contributed by atoms with van der Waals surface area (Å²) in [5.41, 5.74) is 3.78. The SMILES string of the molecule is CCS(=O)(=O)N[C@H]1CCc2c(-c3noc(-c4ccc(OC(C)C)c(C#N)c4)n3)cccc21. The lowest BCUT2D eigenvalue weighted by Crippen LogP contribution is -2.28. The van der Waals surface area contributed by atoms with E-state index < -0.39 is 10.0 Å². The Morgan fingerprint density at radius 3 is 2.84 bits per heavy atom. The van der Waals surface area contributed by atoms with Gasteiger partial charge in [0.05, 0.1) is 17.4 Å². The molecule has 0 fully saturated rings. The van der Waals surface area contributed by atoms with E-state index in [2.05, 4.69) is 20.9 Å². The van der Waals surface area contributed by atoms with Crippen molar-refractivity contribution in [2.45, 2.75) is 45.8 Å². The fourth-order valence-corrected chi connectivity index (χ4v) is 4.69. The Bertz CT molecular complexity index is 1290. The van der Waals surface area contributed by atoms with Gasteiger partial charge in [-0.05, 0) is 62.9 Å². The van der Waals surface area contributed by atoms with Crippen LogP contribution in [0.2, 0.25) is 0 Å². The molecule has 0 radical (unpaired) electrons. The number of sulfonamides is 1.